The second-order valence-corrected chi connectivity index (χ2v) is 26.3. The van der Waals surface area contributed by atoms with Crippen molar-refractivity contribution < 1.29 is 4.42 Å². The van der Waals surface area contributed by atoms with E-state index in [4.69, 9.17) is 19.4 Å². The quantitative estimate of drug-likeness (QED) is 0.159. The molecule has 448 valence electrons. The number of para-hydroxylation sites is 6. The van der Waals surface area contributed by atoms with Crippen molar-refractivity contribution in [3.8, 4) is 68.0 Å². The van der Waals surface area contributed by atoms with Crippen molar-refractivity contribution in [2.24, 2.45) is 0 Å². The molecule has 6 aromatic heterocycles. The van der Waals surface area contributed by atoms with E-state index in [1.807, 2.05) is 12.1 Å². The molecule has 6 heterocycles. The number of benzene rings is 14. The van der Waals surface area contributed by atoms with Crippen molar-refractivity contribution in [3.05, 3.63) is 308 Å². The minimum absolute atomic E-state index is 0.233. The van der Waals surface area contributed by atoms with E-state index in [1.165, 1.54) is 60.4 Å². The minimum atomic E-state index is -0.233. The first kappa shape index (κ1) is 52.9. The van der Waals surface area contributed by atoms with Crippen LogP contribution in [0.5, 0.6) is 0 Å². The Bertz CT molecular complexity index is 6750. The number of hydrogen-bond acceptors (Lipinski definition) is 4. The van der Waals surface area contributed by atoms with Crippen LogP contribution in [0.2, 0.25) is 0 Å². The Morgan fingerprint density at radius 1 is 0.260 bits per heavy atom. The SMILES string of the molecule is CC1(C)c2ccccc2-c2cc3c4ccccc4n(-c4nc(-c5ccc6ccc(-n7c8ccccc8c8ccc(-c9ccc%10c(c9)c9ccccc9n%10-c9ccccc9)cc87)cc6c5)nc(-n5c6ccccc6c6cc(-c7ccc8oc9ccccc9c8c7)ccc65)n4)c3cc21. The molecule has 0 bridgehead atoms. The maximum absolute atomic E-state index is 6.28. The van der Waals surface area contributed by atoms with Gasteiger partial charge in [-0.1, -0.05) is 196 Å². The molecule has 1 aliphatic carbocycles. The summed E-state index contributed by atoms with van der Waals surface area (Å²) in [5.74, 6) is 1.63. The zero-order valence-corrected chi connectivity index (χ0v) is 52.3. The lowest BCUT2D eigenvalue weighted by Crippen LogP contribution is -2.15. The molecule has 8 heteroatoms. The molecule has 0 amide bonds. The van der Waals surface area contributed by atoms with Crippen molar-refractivity contribution in [3.63, 3.8) is 0 Å². The Morgan fingerprint density at radius 2 is 0.729 bits per heavy atom. The molecule has 1 aliphatic rings. The molecular weight excluding hydrogens is 1170 g/mol. The maximum Gasteiger partial charge on any atom is 0.240 e. The van der Waals surface area contributed by atoms with Gasteiger partial charge in [0.25, 0.3) is 0 Å². The first-order valence-corrected chi connectivity index (χ1v) is 32.9. The fourth-order valence-electron chi connectivity index (χ4n) is 16.3. The van der Waals surface area contributed by atoms with Crippen LogP contribution in [-0.2, 0) is 5.41 Å². The average Bonchev–Trinajstić information content (AvgIpc) is 1.55. The number of hydrogen-bond donors (Lipinski definition) is 0. The lowest BCUT2D eigenvalue weighted by Gasteiger charge is -2.21. The maximum atomic E-state index is 6.28. The Labute approximate surface area is 550 Å². The number of fused-ring (bicyclic) bond motifs is 19. The number of rotatable bonds is 7. The molecule has 0 unspecified atom stereocenters. The van der Waals surface area contributed by atoms with Crippen molar-refractivity contribution in [1.82, 2.24) is 33.2 Å². The van der Waals surface area contributed by atoms with Gasteiger partial charge in [-0.05, 0) is 171 Å². The summed E-state index contributed by atoms with van der Waals surface area (Å²) in [4.78, 5) is 17.0. The summed E-state index contributed by atoms with van der Waals surface area (Å²) in [5.41, 5.74) is 23.0. The Kier molecular flexibility index (Phi) is 10.9. The fraction of sp³-hybridized carbons (Fsp3) is 0.0341. The fourth-order valence-corrected chi connectivity index (χ4v) is 16.3. The first-order valence-electron chi connectivity index (χ1n) is 32.9. The van der Waals surface area contributed by atoms with Crippen LogP contribution in [0.25, 0.3) is 188 Å². The third-order valence-electron chi connectivity index (χ3n) is 20.8. The molecule has 0 atom stereocenters. The Hall–Kier alpha value is -12.7. The summed E-state index contributed by atoms with van der Waals surface area (Å²) in [6, 6.07) is 108. The van der Waals surface area contributed by atoms with Crippen LogP contribution < -0.4 is 0 Å². The number of furan rings is 1. The van der Waals surface area contributed by atoms with Gasteiger partial charge in [0.2, 0.25) is 11.9 Å². The molecule has 96 heavy (non-hydrogen) atoms. The number of aromatic nitrogens is 7. The molecule has 0 N–H and O–H groups in total. The van der Waals surface area contributed by atoms with Gasteiger partial charge in [0.05, 0.1) is 44.1 Å². The first-order chi connectivity index (χ1) is 47.3. The van der Waals surface area contributed by atoms with Gasteiger partial charge in [0.1, 0.15) is 11.2 Å². The van der Waals surface area contributed by atoms with Gasteiger partial charge in [-0.25, -0.2) is 0 Å². The highest BCUT2D eigenvalue weighted by atomic mass is 16.3. The topological polar surface area (TPSA) is 71.5 Å². The molecule has 0 saturated heterocycles. The highest BCUT2D eigenvalue weighted by Crippen LogP contribution is 2.51. The van der Waals surface area contributed by atoms with Crippen LogP contribution in [-0.4, -0.2) is 33.2 Å². The van der Waals surface area contributed by atoms with Gasteiger partial charge >= 0.3 is 0 Å². The van der Waals surface area contributed by atoms with Crippen LogP contribution in [0.15, 0.2) is 302 Å². The predicted molar refractivity (Wildman–Crippen MR) is 396 cm³/mol. The van der Waals surface area contributed by atoms with Crippen LogP contribution >= 0.6 is 0 Å². The number of nitrogens with zero attached hydrogens (tertiary/aromatic N) is 7. The minimum Gasteiger partial charge on any atom is -0.456 e. The van der Waals surface area contributed by atoms with Crippen LogP contribution in [0.4, 0.5) is 0 Å². The van der Waals surface area contributed by atoms with Gasteiger partial charge in [0.15, 0.2) is 5.82 Å². The van der Waals surface area contributed by atoms with Crippen LogP contribution in [0.3, 0.4) is 0 Å². The predicted octanol–water partition coefficient (Wildman–Crippen LogP) is 22.6. The summed E-state index contributed by atoms with van der Waals surface area (Å²) in [6.07, 6.45) is 0. The third kappa shape index (κ3) is 7.57. The van der Waals surface area contributed by atoms with E-state index in [-0.39, 0.29) is 5.41 Å². The lowest BCUT2D eigenvalue weighted by molar-refractivity contribution is 0.661. The van der Waals surface area contributed by atoms with E-state index in [2.05, 4.69) is 317 Å². The molecule has 20 aromatic rings. The molecule has 0 aliphatic heterocycles. The van der Waals surface area contributed by atoms with Gasteiger partial charge in [-0.15, -0.1) is 0 Å². The Balaban J connectivity index is 0.753. The summed E-state index contributed by atoms with van der Waals surface area (Å²) in [5, 5.41) is 13.7. The smallest absolute Gasteiger partial charge is 0.240 e. The molecule has 8 nitrogen and oxygen atoms in total. The van der Waals surface area contributed by atoms with Crippen molar-refractivity contribution in [2.75, 3.05) is 0 Å². The molecule has 0 saturated carbocycles. The van der Waals surface area contributed by atoms with E-state index in [1.54, 1.807) is 0 Å². The largest absolute Gasteiger partial charge is 0.456 e. The average molecular weight is 1230 g/mol. The summed E-state index contributed by atoms with van der Waals surface area (Å²) >= 11 is 0. The zero-order valence-electron chi connectivity index (χ0n) is 52.3. The van der Waals surface area contributed by atoms with Gasteiger partial charge < -0.3 is 13.6 Å². The van der Waals surface area contributed by atoms with E-state index in [0.717, 1.165) is 121 Å². The molecule has 0 spiro atoms. The highest BCUT2D eigenvalue weighted by Gasteiger charge is 2.36. The van der Waals surface area contributed by atoms with Crippen LogP contribution in [0, 0.1) is 0 Å². The van der Waals surface area contributed by atoms with Gasteiger partial charge in [-0.3, -0.25) is 9.13 Å². The second-order valence-electron chi connectivity index (χ2n) is 26.3. The lowest BCUT2D eigenvalue weighted by atomic mass is 9.82. The molecule has 21 rings (SSSR count). The monoisotopic (exact) mass is 1230 g/mol. The van der Waals surface area contributed by atoms with Crippen molar-refractivity contribution in [2.45, 2.75) is 19.3 Å². The second kappa shape index (κ2) is 19.7. The third-order valence-corrected chi connectivity index (χ3v) is 20.8. The van der Waals surface area contributed by atoms with E-state index < -0.39 is 0 Å². The summed E-state index contributed by atoms with van der Waals surface area (Å²) < 4.78 is 15.6. The van der Waals surface area contributed by atoms with E-state index in [9.17, 15) is 0 Å². The molecule has 14 aromatic carbocycles. The van der Waals surface area contributed by atoms with E-state index >= 15 is 0 Å². The summed E-state index contributed by atoms with van der Waals surface area (Å²) in [7, 11) is 0. The van der Waals surface area contributed by atoms with Crippen LogP contribution in [0.1, 0.15) is 25.0 Å². The highest BCUT2D eigenvalue weighted by molar-refractivity contribution is 6.15. The molecule has 0 fully saturated rings. The standard InChI is InChI=1S/C88H55N7O/c1-88(2)73-26-12-6-20-61(73)68-50-71-65-24-10-16-30-78(65)95(82(71)51-74(68)88)87-90-85(89-86(91-87)94-77-29-15-9-23-64(77)70-46-53(37-42-80(70)94)55-38-43-84-72(48-55)67-25-11-17-31-83(67)96-84)57-33-32-52-34-39-60(45-58(52)44-57)93-75-27-13-7-21-62(75)66-40-35-56(49-81(66)93)54-36-41-79-69(47-54)63-22-8-14-28-76(63)92(79)59-18-4-3-5-19-59/h3-51H,1-2H3. The van der Waals surface area contributed by atoms with Gasteiger partial charge in [-0.2, -0.15) is 15.0 Å². The normalized spacial score (nSPS) is 13.0. The summed E-state index contributed by atoms with van der Waals surface area (Å²) in [6.45, 7) is 4.69. The zero-order chi connectivity index (χ0) is 63.1. The van der Waals surface area contributed by atoms with Crippen molar-refractivity contribution >= 4 is 120 Å². The van der Waals surface area contributed by atoms with Gasteiger partial charge in [0, 0.05) is 76.2 Å². The Morgan fingerprint density at radius 3 is 1.43 bits per heavy atom. The molecule has 0 radical (unpaired) electrons. The van der Waals surface area contributed by atoms with E-state index in [0.29, 0.717) is 17.7 Å². The molecular formula is C88H55N7O. The van der Waals surface area contributed by atoms with Crippen molar-refractivity contribution in [1.29, 1.82) is 0 Å².